The van der Waals surface area contributed by atoms with Gasteiger partial charge in [0.1, 0.15) is 0 Å². The monoisotopic (exact) mass is 319 g/mol. The van der Waals surface area contributed by atoms with Crippen molar-refractivity contribution in [2.75, 3.05) is 11.5 Å². The Balaban J connectivity index is 2.26. The molecule has 0 amide bonds. The van der Waals surface area contributed by atoms with Gasteiger partial charge in [0.25, 0.3) is 0 Å². The molecule has 0 bridgehead atoms. The first kappa shape index (κ1) is 15.4. The Labute approximate surface area is 118 Å². The molecule has 1 fully saturated rings. The van der Waals surface area contributed by atoms with Gasteiger partial charge in [-0.3, -0.25) is 0 Å². The summed E-state index contributed by atoms with van der Waals surface area (Å²) in [5, 5.41) is 9.63. The first-order valence-electron chi connectivity index (χ1n) is 6.09. The lowest BCUT2D eigenvalue weighted by atomic mass is 10.1. The van der Waals surface area contributed by atoms with E-state index < -0.39 is 37.8 Å². The molecule has 1 aromatic rings. The number of sulfone groups is 1. The lowest BCUT2D eigenvalue weighted by molar-refractivity contribution is 0.176. The molecule has 2 atom stereocenters. The summed E-state index contributed by atoms with van der Waals surface area (Å²) in [6.07, 6.45) is -1.21. The Morgan fingerprint density at radius 1 is 1.20 bits per heavy atom. The van der Waals surface area contributed by atoms with Gasteiger partial charge in [-0.25, -0.2) is 21.6 Å². The number of aliphatic hydroxyl groups excluding tert-OH is 1. The first-order valence-corrected chi connectivity index (χ1v) is 9.39. The molecule has 2 rings (SSSR count). The smallest absolute Gasteiger partial charge is 0.240 e. The largest absolute Gasteiger partial charge is 0.390 e. The van der Waals surface area contributed by atoms with Crippen LogP contribution in [0.2, 0.25) is 0 Å². The molecule has 20 heavy (non-hydrogen) atoms. The molecule has 1 heterocycles. The molecule has 0 spiro atoms. The van der Waals surface area contributed by atoms with Crippen LogP contribution >= 0.6 is 0 Å². The van der Waals surface area contributed by atoms with Crippen molar-refractivity contribution < 1.29 is 21.9 Å². The van der Waals surface area contributed by atoms with E-state index >= 15 is 0 Å². The van der Waals surface area contributed by atoms with Crippen LogP contribution in [0.25, 0.3) is 0 Å². The predicted octanol–water partition coefficient (Wildman–Crippen LogP) is -0.260. The summed E-state index contributed by atoms with van der Waals surface area (Å²) in [4.78, 5) is 0.0668. The SMILES string of the molecule is Cc1ccc(S(=O)(=O)N[C@H]2CS(=O)(=O)C[C@@H]2O)cc1C. The lowest BCUT2D eigenvalue weighted by Gasteiger charge is -2.15. The highest BCUT2D eigenvalue weighted by molar-refractivity contribution is 7.92. The average Bonchev–Trinajstić information content (AvgIpc) is 2.54. The van der Waals surface area contributed by atoms with Gasteiger partial charge in [0.2, 0.25) is 10.0 Å². The van der Waals surface area contributed by atoms with Crippen LogP contribution in [-0.2, 0) is 19.9 Å². The standard InChI is InChI=1S/C12H17NO5S2/c1-8-3-4-10(5-9(8)2)20(17,18)13-11-6-19(15,16)7-12(11)14/h3-5,11-14H,6-7H2,1-2H3/t11-,12-/m0/s1. The van der Waals surface area contributed by atoms with Crippen molar-refractivity contribution in [2.24, 2.45) is 0 Å². The zero-order valence-corrected chi connectivity index (χ0v) is 12.8. The zero-order valence-electron chi connectivity index (χ0n) is 11.2. The molecule has 0 saturated carbocycles. The molecule has 112 valence electrons. The average molecular weight is 319 g/mol. The lowest BCUT2D eigenvalue weighted by Crippen LogP contribution is -2.42. The van der Waals surface area contributed by atoms with Crippen LogP contribution < -0.4 is 4.72 Å². The summed E-state index contributed by atoms with van der Waals surface area (Å²) in [5.74, 6) is -0.786. The molecular formula is C12H17NO5S2. The third-order valence-electron chi connectivity index (χ3n) is 3.42. The number of aryl methyl sites for hydroxylation is 2. The van der Waals surface area contributed by atoms with E-state index in [0.717, 1.165) is 11.1 Å². The van der Waals surface area contributed by atoms with Gasteiger partial charge in [-0.15, -0.1) is 0 Å². The van der Waals surface area contributed by atoms with Gasteiger partial charge < -0.3 is 5.11 Å². The maximum atomic E-state index is 12.2. The van der Waals surface area contributed by atoms with Gasteiger partial charge in [0.15, 0.2) is 9.84 Å². The number of hydrogen-bond donors (Lipinski definition) is 2. The summed E-state index contributed by atoms with van der Waals surface area (Å²) < 4.78 is 49.4. The predicted molar refractivity (Wildman–Crippen MR) is 74.7 cm³/mol. The Hall–Kier alpha value is -0.960. The second-order valence-electron chi connectivity index (χ2n) is 5.12. The van der Waals surface area contributed by atoms with Crippen molar-refractivity contribution >= 4 is 19.9 Å². The highest BCUT2D eigenvalue weighted by atomic mass is 32.2. The fraction of sp³-hybridized carbons (Fsp3) is 0.500. The van der Waals surface area contributed by atoms with E-state index in [1.54, 1.807) is 13.0 Å². The third kappa shape index (κ3) is 3.20. The van der Waals surface area contributed by atoms with Crippen LogP contribution in [0, 0.1) is 13.8 Å². The minimum Gasteiger partial charge on any atom is -0.390 e. The molecule has 8 heteroatoms. The maximum Gasteiger partial charge on any atom is 0.240 e. The summed E-state index contributed by atoms with van der Waals surface area (Å²) in [6, 6.07) is 3.67. The van der Waals surface area contributed by atoms with Gasteiger partial charge in [-0.1, -0.05) is 6.07 Å². The minimum absolute atomic E-state index is 0.0668. The van der Waals surface area contributed by atoms with E-state index in [1.807, 2.05) is 6.92 Å². The quantitative estimate of drug-likeness (QED) is 0.799. The number of rotatable bonds is 3. The Bertz CT molecular complexity index is 724. The van der Waals surface area contributed by atoms with E-state index in [2.05, 4.69) is 4.72 Å². The van der Waals surface area contributed by atoms with E-state index in [0.29, 0.717) is 0 Å². The third-order valence-corrected chi connectivity index (χ3v) is 6.62. The minimum atomic E-state index is -3.84. The van der Waals surface area contributed by atoms with Gasteiger partial charge in [0, 0.05) is 0 Å². The molecular weight excluding hydrogens is 302 g/mol. The zero-order chi connectivity index (χ0) is 15.1. The molecule has 6 nitrogen and oxygen atoms in total. The van der Waals surface area contributed by atoms with Gasteiger partial charge in [-0.05, 0) is 37.1 Å². The fourth-order valence-corrected chi connectivity index (χ4v) is 5.29. The number of hydrogen-bond acceptors (Lipinski definition) is 5. The molecule has 1 aliphatic heterocycles. The van der Waals surface area contributed by atoms with Crippen LogP contribution in [0.5, 0.6) is 0 Å². The van der Waals surface area contributed by atoms with Gasteiger partial charge >= 0.3 is 0 Å². The molecule has 2 N–H and O–H groups in total. The van der Waals surface area contributed by atoms with Crippen molar-refractivity contribution in [1.29, 1.82) is 0 Å². The van der Waals surface area contributed by atoms with Crippen LogP contribution in [-0.4, -0.2) is 45.6 Å². The van der Waals surface area contributed by atoms with E-state index in [1.165, 1.54) is 12.1 Å². The Morgan fingerprint density at radius 3 is 2.35 bits per heavy atom. The highest BCUT2D eigenvalue weighted by Crippen LogP contribution is 2.18. The Kier molecular flexibility index (Phi) is 3.94. The van der Waals surface area contributed by atoms with E-state index in [4.69, 9.17) is 0 Å². The van der Waals surface area contributed by atoms with Crippen LogP contribution in [0.4, 0.5) is 0 Å². The summed E-state index contributed by atoms with van der Waals surface area (Å²) >= 11 is 0. The van der Waals surface area contributed by atoms with Crippen molar-refractivity contribution in [3.63, 3.8) is 0 Å². The maximum absolute atomic E-state index is 12.2. The molecule has 0 aromatic heterocycles. The number of nitrogens with one attached hydrogen (secondary N) is 1. The van der Waals surface area contributed by atoms with Gasteiger partial charge in [-0.2, -0.15) is 0 Å². The molecule has 1 aromatic carbocycles. The molecule has 1 saturated heterocycles. The van der Waals surface area contributed by atoms with Crippen molar-refractivity contribution in [2.45, 2.75) is 30.9 Å². The summed E-state index contributed by atoms with van der Waals surface area (Å²) in [7, 11) is -7.23. The normalized spacial score (nSPS) is 25.8. The van der Waals surface area contributed by atoms with Crippen LogP contribution in [0.15, 0.2) is 23.1 Å². The number of benzene rings is 1. The van der Waals surface area contributed by atoms with Crippen LogP contribution in [0.3, 0.4) is 0 Å². The Morgan fingerprint density at radius 2 is 1.85 bits per heavy atom. The fourth-order valence-electron chi connectivity index (χ4n) is 2.09. The summed E-state index contributed by atoms with van der Waals surface area (Å²) in [5.41, 5.74) is 1.79. The molecule has 1 aliphatic rings. The number of aliphatic hydroxyl groups is 1. The van der Waals surface area contributed by atoms with E-state index in [9.17, 15) is 21.9 Å². The van der Waals surface area contributed by atoms with Crippen molar-refractivity contribution in [3.05, 3.63) is 29.3 Å². The van der Waals surface area contributed by atoms with Crippen molar-refractivity contribution in [3.8, 4) is 0 Å². The molecule has 0 aliphatic carbocycles. The number of sulfonamides is 1. The molecule has 0 unspecified atom stereocenters. The van der Waals surface area contributed by atoms with Crippen LogP contribution in [0.1, 0.15) is 11.1 Å². The second kappa shape index (κ2) is 5.10. The van der Waals surface area contributed by atoms with E-state index in [-0.39, 0.29) is 10.6 Å². The molecule has 0 radical (unpaired) electrons. The second-order valence-corrected chi connectivity index (χ2v) is 8.99. The highest BCUT2D eigenvalue weighted by Gasteiger charge is 2.38. The first-order chi connectivity index (χ1) is 9.11. The summed E-state index contributed by atoms with van der Waals surface area (Å²) in [6.45, 7) is 3.66. The topological polar surface area (TPSA) is 101 Å². The van der Waals surface area contributed by atoms with Crippen molar-refractivity contribution in [1.82, 2.24) is 4.72 Å². The van der Waals surface area contributed by atoms with Gasteiger partial charge in [0.05, 0.1) is 28.5 Å².